The second kappa shape index (κ2) is 6.87. The van der Waals surface area contributed by atoms with E-state index in [-0.39, 0.29) is 16.4 Å². The summed E-state index contributed by atoms with van der Waals surface area (Å²) in [6.07, 6.45) is 1.06. The lowest BCUT2D eigenvalue weighted by atomic mass is 9.91. The van der Waals surface area contributed by atoms with Crippen LogP contribution in [0.25, 0.3) is 0 Å². The van der Waals surface area contributed by atoms with E-state index in [0.717, 1.165) is 12.5 Å². The first-order valence-corrected chi connectivity index (χ1v) is 12.3. The molecule has 0 aliphatic carbocycles. The quantitative estimate of drug-likeness (QED) is 0.723. The lowest BCUT2D eigenvalue weighted by Crippen LogP contribution is -2.51. The number of piperidine rings is 1. The van der Waals surface area contributed by atoms with Gasteiger partial charge >= 0.3 is 0 Å². The van der Waals surface area contributed by atoms with Crippen molar-refractivity contribution >= 4 is 19.7 Å². The van der Waals surface area contributed by atoms with Gasteiger partial charge in [0.05, 0.1) is 21.7 Å². The third-order valence-corrected chi connectivity index (χ3v) is 9.76. The summed E-state index contributed by atoms with van der Waals surface area (Å²) in [6.45, 7) is 7.18. The molecule has 0 radical (unpaired) electrons. The van der Waals surface area contributed by atoms with Crippen molar-refractivity contribution in [3.8, 4) is 0 Å². The largest absolute Gasteiger partial charge is 0.297 e. The maximum Gasteiger partial charge on any atom is 0.184 e. The third kappa shape index (κ3) is 3.82. The van der Waals surface area contributed by atoms with Gasteiger partial charge in [0, 0.05) is 19.1 Å². The van der Waals surface area contributed by atoms with E-state index in [1.54, 1.807) is 6.92 Å². The van der Waals surface area contributed by atoms with Crippen LogP contribution in [0, 0.1) is 24.6 Å². The lowest BCUT2D eigenvalue weighted by Gasteiger charge is -2.40. The molecule has 2 heterocycles. The molecule has 2 fully saturated rings. The molecule has 8 heteroatoms. The van der Waals surface area contributed by atoms with E-state index >= 15 is 0 Å². The van der Waals surface area contributed by atoms with E-state index < -0.39 is 36.8 Å². The number of hydrogen-bond donors (Lipinski definition) is 0. The van der Waals surface area contributed by atoms with Crippen LogP contribution in [0.4, 0.5) is 4.39 Å². The normalized spacial score (nSPS) is 32.6. The van der Waals surface area contributed by atoms with Gasteiger partial charge in [-0.15, -0.1) is 0 Å². The van der Waals surface area contributed by atoms with Crippen molar-refractivity contribution in [3.05, 3.63) is 29.6 Å². The van der Waals surface area contributed by atoms with E-state index in [4.69, 9.17) is 0 Å². The molecular formula is C18H26FNO4S2. The summed E-state index contributed by atoms with van der Waals surface area (Å²) in [6, 6.07) is 3.00. The molecule has 0 aromatic heterocycles. The van der Waals surface area contributed by atoms with Gasteiger partial charge in [0.1, 0.15) is 5.82 Å². The highest BCUT2D eigenvalue weighted by atomic mass is 32.2. The molecule has 0 N–H and O–H groups in total. The highest BCUT2D eigenvalue weighted by Crippen LogP contribution is 2.33. The average Bonchev–Trinajstić information content (AvgIpc) is 2.82. The highest BCUT2D eigenvalue weighted by Gasteiger charge is 2.49. The van der Waals surface area contributed by atoms with Crippen molar-refractivity contribution in [1.82, 2.24) is 4.90 Å². The molecule has 146 valence electrons. The minimum Gasteiger partial charge on any atom is -0.297 e. The van der Waals surface area contributed by atoms with Gasteiger partial charge in [0.2, 0.25) is 0 Å². The van der Waals surface area contributed by atoms with E-state index in [0.29, 0.717) is 30.5 Å². The summed E-state index contributed by atoms with van der Waals surface area (Å²) >= 11 is 0. The molecule has 1 aromatic carbocycles. The fourth-order valence-electron chi connectivity index (χ4n) is 4.51. The fourth-order valence-corrected chi connectivity index (χ4v) is 9.57. The van der Waals surface area contributed by atoms with Crippen LogP contribution in [0.15, 0.2) is 23.1 Å². The predicted octanol–water partition coefficient (Wildman–Crippen LogP) is 2.05. The van der Waals surface area contributed by atoms with Gasteiger partial charge in [-0.3, -0.25) is 4.90 Å². The highest BCUT2D eigenvalue weighted by molar-refractivity contribution is 7.96. The Morgan fingerprint density at radius 1 is 1.12 bits per heavy atom. The van der Waals surface area contributed by atoms with Crippen LogP contribution in [0.3, 0.4) is 0 Å². The summed E-state index contributed by atoms with van der Waals surface area (Å²) in [5.41, 5.74) is 0.313. The second-order valence-corrected chi connectivity index (χ2v) is 12.3. The molecule has 0 spiro atoms. The number of halogens is 1. The van der Waals surface area contributed by atoms with E-state index in [2.05, 4.69) is 13.8 Å². The fraction of sp³-hybridized carbons (Fsp3) is 0.667. The third-order valence-electron chi connectivity index (χ3n) is 5.48. The number of aryl methyl sites for hydroxylation is 1. The molecule has 5 nitrogen and oxygen atoms in total. The minimum atomic E-state index is -3.88. The first-order chi connectivity index (χ1) is 12.0. The van der Waals surface area contributed by atoms with Crippen LogP contribution < -0.4 is 0 Å². The first kappa shape index (κ1) is 19.8. The zero-order valence-electron chi connectivity index (χ0n) is 15.4. The standard InChI is InChI=1S/C18H26FNO4S2/c1-12-6-13(2)9-20(8-12)16-10-25(21,22)11-18(16)26(23,24)17-5-4-15(19)7-14(17)3/h4-5,7,12-13,16,18H,6,8-11H2,1-3H3/t12-,13+,16-,18-/m0/s1. The Morgan fingerprint density at radius 3 is 2.31 bits per heavy atom. The summed E-state index contributed by atoms with van der Waals surface area (Å²) in [4.78, 5) is 2.08. The van der Waals surface area contributed by atoms with Crippen molar-refractivity contribution in [3.63, 3.8) is 0 Å². The molecule has 1 aromatic rings. The van der Waals surface area contributed by atoms with Crippen molar-refractivity contribution in [2.45, 2.75) is 43.4 Å². The van der Waals surface area contributed by atoms with Gasteiger partial charge in [-0.05, 0) is 48.9 Å². The molecule has 0 amide bonds. The maximum atomic E-state index is 13.4. The Balaban J connectivity index is 2.00. The zero-order chi connectivity index (χ0) is 19.3. The monoisotopic (exact) mass is 403 g/mol. The van der Waals surface area contributed by atoms with Gasteiger partial charge in [-0.2, -0.15) is 0 Å². The maximum absolute atomic E-state index is 13.4. The summed E-state index contributed by atoms with van der Waals surface area (Å²) in [5.74, 6) is -0.196. The van der Waals surface area contributed by atoms with Crippen LogP contribution in [0.1, 0.15) is 25.8 Å². The van der Waals surface area contributed by atoms with Gasteiger partial charge in [0.15, 0.2) is 19.7 Å². The zero-order valence-corrected chi connectivity index (χ0v) is 17.0. The van der Waals surface area contributed by atoms with Crippen LogP contribution in [0.5, 0.6) is 0 Å². The summed E-state index contributed by atoms with van der Waals surface area (Å²) in [5, 5.41) is -1.01. The number of benzene rings is 1. The van der Waals surface area contributed by atoms with Crippen molar-refractivity contribution in [1.29, 1.82) is 0 Å². The lowest BCUT2D eigenvalue weighted by molar-refractivity contribution is 0.107. The van der Waals surface area contributed by atoms with Crippen LogP contribution in [-0.4, -0.2) is 57.6 Å². The van der Waals surface area contributed by atoms with Crippen LogP contribution in [-0.2, 0) is 19.7 Å². The van der Waals surface area contributed by atoms with Gasteiger partial charge < -0.3 is 0 Å². The Kier molecular flexibility index (Phi) is 5.22. The van der Waals surface area contributed by atoms with Crippen molar-refractivity contribution in [2.24, 2.45) is 11.8 Å². The number of rotatable bonds is 3. The number of sulfone groups is 2. The summed E-state index contributed by atoms with van der Waals surface area (Å²) < 4.78 is 64.6. The van der Waals surface area contributed by atoms with E-state index in [1.165, 1.54) is 12.1 Å². The molecule has 0 saturated carbocycles. The SMILES string of the molecule is Cc1cc(F)ccc1S(=O)(=O)[C@H]1CS(=O)(=O)C[C@@H]1N1C[C@H](C)C[C@H](C)C1. The molecule has 0 bridgehead atoms. The predicted molar refractivity (Wildman–Crippen MR) is 99.1 cm³/mol. The topological polar surface area (TPSA) is 71.5 Å². The van der Waals surface area contributed by atoms with Crippen molar-refractivity contribution < 1.29 is 21.2 Å². The van der Waals surface area contributed by atoms with Gasteiger partial charge in [0.25, 0.3) is 0 Å². The Hall–Kier alpha value is -0.990. The number of likely N-dealkylation sites (tertiary alicyclic amines) is 1. The van der Waals surface area contributed by atoms with Crippen LogP contribution >= 0.6 is 0 Å². The van der Waals surface area contributed by atoms with Gasteiger partial charge in [-0.1, -0.05) is 13.8 Å². The second-order valence-electron chi connectivity index (χ2n) is 8.04. The average molecular weight is 404 g/mol. The smallest absolute Gasteiger partial charge is 0.184 e. The molecule has 3 rings (SSSR count). The molecule has 2 aliphatic rings. The first-order valence-electron chi connectivity index (χ1n) is 8.94. The van der Waals surface area contributed by atoms with E-state index in [9.17, 15) is 21.2 Å². The number of hydrogen-bond acceptors (Lipinski definition) is 5. The number of nitrogens with zero attached hydrogens (tertiary/aromatic N) is 1. The van der Waals surface area contributed by atoms with Crippen LogP contribution in [0.2, 0.25) is 0 Å². The van der Waals surface area contributed by atoms with Crippen molar-refractivity contribution in [2.75, 3.05) is 24.6 Å². The molecule has 2 aliphatic heterocycles. The molecule has 0 unspecified atom stereocenters. The molecular weight excluding hydrogens is 377 g/mol. The molecule has 2 saturated heterocycles. The minimum absolute atomic E-state index is 0.0316. The molecule has 4 atom stereocenters. The molecule has 26 heavy (non-hydrogen) atoms. The van der Waals surface area contributed by atoms with Gasteiger partial charge in [-0.25, -0.2) is 21.2 Å². The Bertz CT molecular complexity index is 888. The summed E-state index contributed by atoms with van der Waals surface area (Å²) in [7, 11) is -7.31. The Morgan fingerprint density at radius 2 is 1.73 bits per heavy atom. The Labute approximate surface area is 155 Å². The van der Waals surface area contributed by atoms with E-state index in [1.807, 2.05) is 4.90 Å².